The number of hydrogen-bond acceptors (Lipinski definition) is 2. The number of imidazole rings is 1. The molecule has 2 N–H and O–H groups in total. The Bertz CT molecular complexity index is 494. The first-order chi connectivity index (χ1) is 8.15. The van der Waals surface area contributed by atoms with Gasteiger partial charge in [-0.1, -0.05) is 18.2 Å². The van der Waals surface area contributed by atoms with Crippen LogP contribution < -0.4 is 5.73 Å². The number of benzene rings is 1. The predicted octanol–water partition coefficient (Wildman–Crippen LogP) is 2.57. The molecule has 2 rings (SSSR count). The summed E-state index contributed by atoms with van der Waals surface area (Å²) in [6, 6.07) is 6.11. The zero-order valence-electron chi connectivity index (χ0n) is 10.6. The molecule has 0 aliphatic heterocycles. The molecular weight excluding hydrogens is 210 g/mol. The minimum Gasteiger partial charge on any atom is -0.334 e. The predicted molar refractivity (Wildman–Crippen MR) is 69.8 cm³/mol. The van der Waals surface area contributed by atoms with Crippen molar-refractivity contribution in [2.75, 3.05) is 0 Å². The standard InChI is InChI=1S/C14H19N3/c1-4-17-9-8-16-14(17)13(15)12-10(2)6-5-7-11(12)3/h5-9,13H,4,15H2,1-3H3. The van der Waals surface area contributed by atoms with Crippen molar-refractivity contribution in [2.45, 2.75) is 33.4 Å². The summed E-state index contributed by atoms with van der Waals surface area (Å²) in [5.74, 6) is 0.935. The van der Waals surface area contributed by atoms with E-state index in [0.29, 0.717) is 0 Å². The van der Waals surface area contributed by atoms with Crippen LogP contribution in [0, 0.1) is 13.8 Å². The lowest BCUT2D eigenvalue weighted by Crippen LogP contribution is -2.19. The Labute approximate surface area is 102 Å². The van der Waals surface area contributed by atoms with Crippen LogP contribution in [0.3, 0.4) is 0 Å². The average Bonchev–Trinajstić information content (AvgIpc) is 2.76. The van der Waals surface area contributed by atoms with Crippen molar-refractivity contribution in [2.24, 2.45) is 5.73 Å². The molecule has 0 saturated carbocycles. The molecule has 0 bridgehead atoms. The third-order valence-electron chi connectivity index (χ3n) is 3.22. The maximum absolute atomic E-state index is 6.36. The van der Waals surface area contributed by atoms with Gasteiger partial charge in [0.2, 0.25) is 0 Å². The number of aromatic nitrogens is 2. The van der Waals surface area contributed by atoms with Crippen molar-refractivity contribution in [1.29, 1.82) is 0 Å². The fourth-order valence-corrected chi connectivity index (χ4v) is 2.31. The lowest BCUT2D eigenvalue weighted by atomic mass is 9.96. The van der Waals surface area contributed by atoms with E-state index in [1.807, 2.05) is 12.4 Å². The lowest BCUT2D eigenvalue weighted by molar-refractivity contribution is 0.653. The Hall–Kier alpha value is -1.61. The zero-order valence-corrected chi connectivity index (χ0v) is 10.6. The molecule has 1 heterocycles. The quantitative estimate of drug-likeness (QED) is 0.879. The van der Waals surface area contributed by atoms with Gasteiger partial charge in [-0.3, -0.25) is 0 Å². The van der Waals surface area contributed by atoms with Crippen LogP contribution in [-0.4, -0.2) is 9.55 Å². The largest absolute Gasteiger partial charge is 0.334 e. The van der Waals surface area contributed by atoms with Crippen molar-refractivity contribution in [3.05, 3.63) is 53.1 Å². The van der Waals surface area contributed by atoms with Crippen LogP contribution in [0.1, 0.15) is 35.5 Å². The number of nitrogens with two attached hydrogens (primary N) is 1. The van der Waals surface area contributed by atoms with Gasteiger partial charge in [-0.15, -0.1) is 0 Å². The summed E-state index contributed by atoms with van der Waals surface area (Å²) in [6.07, 6.45) is 3.79. The zero-order chi connectivity index (χ0) is 12.4. The highest BCUT2D eigenvalue weighted by atomic mass is 15.1. The molecule has 1 aromatic carbocycles. The average molecular weight is 229 g/mol. The van der Waals surface area contributed by atoms with Gasteiger partial charge < -0.3 is 10.3 Å². The van der Waals surface area contributed by atoms with E-state index in [-0.39, 0.29) is 6.04 Å². The Morgan fingerprint density at radius 3 is 2.53 bits per heavy atom. The molecule has 17 heavy (non-hydrogen) atoms. The Balaban J connectivity index is 2.47. The smallest absolute Gasteiger partial charge is 0.130 e. The van der Waals surface area contributed by atoms with E-state index in [1.54, 1.807) is 0 Å². The molecule has 0 radical (unpaired) electrons. The van der Waals surface area contributed by atoms with E-state index in [1.165, 1.54) is 16.7 Å². The normalized spacial score (nSPS) is 12.7. The summed E-state index contributed by atoms with van der Waals surface area (Å²) in [5.41, 5.74) is 9.99. The topological polar surface area (TPSA) is 43.8 Å². The molecular formula is C14H19N3. The molecule has 3 heteroatoms. The second-order valence-electron chi connectivity index (χ2n) is 4.35. The van der Waals surface area contributed by atoms with E-state index < -0.39 is 0 Å². The molecule has 0 saturated heterocycles. The van der Waals surface area contributed by atoms with Gasteiger partial charge in [-0.05, 0) is 37.5 Å². The molecule has 0 fully saturated rings. The first kappa shape index (κ1) is 11.9. The fraction of sp³-hybridized carbons (Fsp3) is 0.357. The van der Waals surface area contributed by atoms with Crippen molar-refractivity contribution in [3.63, 3.8) is 0 Å². The Morgan fingerprint density at radius 2 is 1.94 bits per heavy atom. The summed E-state index contributed by atoms with van der Waals surface area (Å²) in [4.78, 5) is 4.38. The molecule has 0 aliphatic carbocycles. The first-order valence-electron chi connectivity index (χ1n) is 5.97. The van der Waals surface area contributed by atoms with Crippen LogP contribution in [0.2, 0.25) is 0 Å². The number of rotatable bonds is 3. The molecule has 0 amide bonds. The van der Waals surface area contributed by atoms with Gasteiger partial charge >= 0.3 is 0 Å². The monoisotopic (exact) mass is 229 g/mol. The lowest BCUT2D eigenvalue weighted by Gasteiger charge is -2.18. The van der Waals surface area contributed by atoms with Gasteiger partial charge in [0.15, 0.2) is 0 Å². The summed E-state index contributed by atoms with van der Waals surface area (Å²) >= 11 is 0. The van der Waals surface area contributed by atoms with Crippen LogP contribution in [0.5, 0.6) is 0 Å². The third-order valence-corrected chi connectivity index (χ3v) is 3.22. The van der Waals surface area contributed by atoms with Crippen LogP contribution >= 0.6 is 0 Å². The highest BCUT2D eigenvalue weighted by Gasteiger charge is 2.17. The Morgan fingerprint density at radius 1 is 1.29 bits per heavy atom. The maximum Gasteiger partial charge on any atom is 0.130 e. The van der Waals surface area contributed by atoms with Crippen molar-refractivity contribution in [3.8, 4) is 0 Å². The molecule has 0 aliphatic rings. The summed E-state index contributed by atoms with van der Waals surface area (Å²) in [6.45, 7) is 7.19. The fourth-order valence-electron chi connectivity index (χ4n) is 2.31. The van der Waals surface area contributed by atoms with Gasteiger partial charge in [0, 0.05) is 18.9 Å². The highest BCUT2D eigenvalue weighted by Crippen LogP contribution is 2.24. The second kappa shape index (κ2) is 4.72. The molecule has 3 nitrogen and oxygen atoms in total. The van der Waals surface area contributed by atoms with Gasteiger partial charge in [-0.25, -0.2) is 4.98 Å². The van der Waals surface area contributed by atoms with E-state index in [2.05, 4.69) is 48.5 Å². The molecule has 1 atom stereocenters. The Kier molecular flexibility index (Phi) is 3.29. The van der Waals surface area contributed by atoms with Crippen LogP contribution in [0.15, 0.2) is 30.6 Å². The minimum atomic E-state index is -0.147. The first-order valence-corrected chi connectivity index (χ1v) is 5.97. The molecule has 1 aromatic heterocycles. The van der Waals surface area contributed by atoms with Gasteiger partial charge in [0.1, 0.15) is 5.82 Å². The number of nitrogens with zero attached hydrogens (tertiary/aromatic N) is 2. The maximum atomic E-state index is 6.36. The molecule has 90 valence electrons. The third kappa shape index (κ3) is 2.11. The van der Waals surface area contributed by atoms with Gasteiger partial charge in [0.25, 0.3) is 0 Å². The van der Waals surface area contributed by atoms with Crippen LogP contribution in [0.25, 0.3) is 0 Å². The number of aryl methyl sites for hydroxylation is 3. The molecule has 0 spiro atoms. The minimum absolute atomic E-state index is 0.147. The van der Waals surface area contributed by atoms with E-state index in [0.717, 1.165) is 12.4 Å². The highest BCUT2D eigenvalue weighted by molar-refractivity contribution is 5.38. The van der Waals surface area contributed by atoms with Gasteiger partial charge in [-0.2, -0.15) is 0 Å². The summed E-state index contributed by atoms with van der Waals surface area (Å²) in [7, 11) is 0. The van der Waals surface area contributed by atoms with Gasteiger partial charge in [0.05, 0.1) is 6.04 Å². The number of hydrogen-bond donors (Lipinski definition) is 1. The summed E-state index contributed by atoms with van der Waals surface area (Å²) < 4.78 is 2.09. The van der Waals surface area contributed by atoms with E-state index in [4.69, 9.17) is 5.73 Å². The SMILES string of the molecule is CCn1ccnc1C(N)c1c(C)cccc1C. The second-order valence-corrected chi connectivity index (χ2v) is 4.35. The van der Waals surface area contributed by atoms with Crippen LogP contribution in [0.4, 0.5) is 0 Å². The van der Waals surface area contributed by atoms with E-state index >= 15 is 0 Å². The molecule has 2 aromatic rings. The summed E-state index contributed by atoms with van der Waals surface area (Å²) in [5, 5.41) is 0. The van der Waals surface area contributed by atoms with Crippen LogP contribution in [-0.2, 0) is 6.54 Å². The molecule has 1 unspecified atom stereocenters. The van der Waals surface area contributed by atoms with Crippen molar-refractivity contribution in [1.82, 2.24) is 9.55 Å². The van der Waals surface area contributed by atoms with E-state index in [9.17, 15) is 0 Å². The van der Waals surface area contributed by atoms with Crippen molar-refractivity contribution < 1.29 is 0 Å². The van der Waals surface area contributed by atoms with Crippen molar-refractivity contribution >= 4 is 0 Å².